The van der Waals surface area contributed by atoms with Crippen LogP contribution in [0.2, 0.25) is 0 Å². The maximum atomic E-state index is 13.3. The lowest BCUT2D eigenvalue weighted by molar-refractivity contribution is 0.0843. The van der Waals surface area contributed by atoms with E-state index in [1.54, 1.807) is 0 Å². The summed E-state index contributed by atoms with van der Waals surface area (Å²) in [5.74, 6) is -6.73. The van der Waals surface area contributed by atoms with Gasteiger partial charge in [-0.25, -0.2) is 4.39 Å². The Balaban J connectivity index is 2.08. The van der Waals surface area contributed by atoms with Crippen LogP contribution in [0.25, 0.3) is 0 Å². The van der Waals surface area contributed by atoms with Crippen molar-refractivity contribution in [2.24, 2.45) is 0 Å². The van der Waals surface area contributed by atoms with Gasteiger partial charge in [-0.05, 0) is 24.3 Å². The fourth-order valence-corrected chi connectivity index (χ4v) is 1.59. The van der Waals surface area contributed by atoms with Gasteiger partial charge in [0.05, 0.1) is 17.2 Å². The first-order valence-electron chi connectivity index (χ1n) is 6.04. The minimum absolute atomic E-state index is 0.0632. The van der Waals surface area contributed by atoms with Crippen LogP contribution in [-0.2, 0) is 0 Å². The van der Waals surface area contributed by atoms with Crippen LogP contribution < -0.4 is 10.9 Å². The SMILES string of the molecule is N#Cc1cccc(C(=O)NNC(=O)c2cc(F)c(F)nc2F)c1. The first-order valence-corrected chi connectivity index (χ1v) is 6.04. The fraction of sp³-hybridized carbons (Fsp3) is 0. The number of halogens is 3. The van der Waals surface area contributed by atoms with Gasteiger partial charge in [0, 0.05) is 5.56 Å². The molecule has 0 radical (unpaired) electrons. The quantitative estimate of drug-likeness (QED) is 0.647. The van der Waals surface area contributed by atoms with Crippen molar-refractivity contribution in [2.75, 3.05) is 0 Å². The molecule has 23 heavy (non-hydrogen) atoms. The summed E-state index contributed by atoms with van der Waals surface area (Å²) in [6, 6.07) is 7.71. The average molecular weight is 320 g/mol. The van der Waals surface area contributed by atoms with Crippen LogP contribution in [0.3, 0.4) is 0 Å². The molecule has 0 bridgehead atoms. The van der Waals surface area contributed by atoms with Gasteiger partial charge in [0.1, 0.15) is 0 Å². The molecule has 2 amide bonds. The monoisotopic (exact) mass is 320 g/mol. The molecule has 1 aromatic heterocycles. The van der Waals surface area contributed by atoms with Crippen LogP contribution in [0.1, 0.15) is 26.3 Å². The highest BCUT2D eigenvalue weighted by atomic mass is 19.2. The molecule has 0 fully saturated rings. The molecule has 0 atom stereocenters. The number of benzene rings is 1. The second-order valence-corrected chi connectivity index (χ2v) is 4.20. The van der Waals surface area contributed by atoms with Crippen molar-refractivity contribution in [3.63, 3.8) is 0 Å². The molecule has 0 aliphatic carbocycles. The van der Waals surface area contributed by atoms with Crippen molar-refractivity contribution in [3.8, 4) is 6.07 Å². The number of nitriles is 1. The van der Waals surface area contributed by atoms with Crippen LogP contribution in [-0.4, -0.2) is 16.8 Å². The summed E-state index contributed by atoms with van der Waals surface area (Å²) in [4.78, 5) is 26.0. The van der Waals surface area contributed by atoms with E-state index in [0.29, 0.717) is 6.07 Å². The number of carbonyl (C=O) groups is 2. The van der Waals surface area contributed by atoms with E-state index in [0.717, 1.165) is 0 Å². The second kappa shape index (κ2) is 6.57. The molecule has 1 heterocycles. The van der Waals surface area contributed by atoms with Crippen LogP contribution in [0.15, 0.2) is 30.3 Å². The van der Waals surface area contributed by atoms with Gasteiger partial charge in [-0.2, -0.15) is 19.0 Å². The molecular formula is C14H7F3N4O2. The second-order valence-electron chi connectivity index (χ2n) is 4.20. The molecule has 0 saturated heterocycles. The molecule has 2 N–H and O–H groups in total. The Morgan fingerprint density at radius 3 is 2.43 bits per heavy atom. The van der Waals surface area contributed by atoms with E-state index in [1.807, 2.05) is 16.9 Å². The number of pyridine rings is 1. The largest absolute Gasteiger partial charge is 0.274 e. The van der Waals surface area contributed by atoms with E-state index < -0.39 is 35.1 Å². The molecule has 0 spiro atoms. The van der Waals surface area contributed by atoms with Crippen LogP contribution in [0.4, 0.5) is 13.2 Å². The Morgan fingerprint density at radius 2 is 1.74 bits per heavy atom. The normalized spacial score (nSPS) is 9.83. The van der Waals surface area contributed by atoms with E-state index in [1.165, 1.54) is 24.3 Å². The first kappa shape index (κ1) is 16.0. The first-order chi connectivity index (χ1) is 10.9. The van der Waals surface area contributed by atoms with Crippen molar-refractivity contribution >= 4 is 11.8 Å². The van der Waals surface area contributed by atoms with Crippen molar-refractivity contribution in [2.45, 2.75) is 0 Å². The van der Waals surface area contributed by atoms with E-state index in [9.17, 15) is 22.8 Å². The van der Waals surface area contributed by atoms with Crippen molar-refractivity contribution < 1.29 is 22.8 Å². The minimum atomic E-state index is -1.68. The Hall–Kier alpha value is -3.41. The Labute approximate surface area is 127 Å². The third-order valence-corrected chi connectivity index (χ3v) is 2.67. The number of nitrogens with one attached hydrogen (secondary N) is 2. The topological polar surface area (TPSA) is 94.9 Å². The van der Waals surface area contributed by atoms with Crippen molar-refractivity contribution in [1.82, 2.24) is 15.8 Å². The maximum absolute atomic E-state index is 13.3. The number of nitrogens with zero attached hydrogens (tertiary/aromatic N) is 2. The molecular weight excluding hydrogens is 313 g/mol. The number of aromatic nitrogens is 1. The molecule has 2 rings (SSSR count). The Morgan fingerprint density at radius 1 is 1.04 bits per heavy atom. The highest BCUT2D eigenvalue weighted by Crippen LogP contribution is 2.10. The zero-order valence-corrected chi connectivity index (χ0v) is 11.2. The van der Waals surface area contributed by atoms with E-state index in [2.05, 4.69) is 4.98 Å². The third kappa shape index (κ3) is 3.62. The smallest absolute Gasteiger partial charge is 0.267 e. The molecule has 0 unspecified atom stereocenters. The van der Waals surface area contributed by atoms with Crippen LogP contribution >= 0.6 is 0 Å². The minimum Gasteiger partial charge on any atom is -0.267 e. The van der Waals surface area contributed by atoms with Gasteiger partial charge in [-0.1, -0.05) is 6.07 Å². The summed E-state index contributed by atoms with van der Waals surface area (Å²) in [6.45, 7) is 0. The highest BCUT2D eigenvalue weighted by Gasteiger charge is 2.18. The fourth-order valence-electron chi connectivity index (χ4n) is 1.59. The molecule has 0 saturated carbocycles. The zero-order valence-electron chi connectivity index (χ0n) is 11.2. The van der Waals surface area contributed by atoms with Crippen molar-refractivity contribution in [3.05, 3.63) is 64.7 Å². The van der Waals surface area contributed by atoms with Gasteiger partial charge in [0.15, 0.2) is 5.82 Å². The molecule has 0 aliphatic heterocycles. The van der Waals surface area contributed by atoms with Gasteiger partial charge < -0.3 is 0 Å². The van der Waals surface area contributed by atoms with E-state index >= 15 is 0 Å². The summed E-state index contributed by atoms with van der Waals surface area (Å²) in [5, 5.41) is 8.72. The highest BCUT2D eigenvalue weighted by molar-refractivity contribution is 5.99. The molecule has 116 valence electrons. The van der Waals surface area contributed by atoms with Crippen LogP contribution in [0, 0.1) is 29.0 Å². The van der Waals surface area contributed by atoms with Crippen molar-refractivity contribution in [1.29, 1.82) is 5.26 Å². The molecule has 6 nitrogen and oxygen atoms in total. The van der Waals surface area contributed by atoms with Crippen LogP contribution in [0.5, 0.6) is 0 Å². The summed E-state index contributed by atoms with van der Waals surface area (Å²) in [7, 11) is 0. The summed E-state index contributed by atoms with van der Waals surface area (Å²) in [6.07, 6.45) is 0. The zero-order chi connectivity index (χ0) is 17.0. The third-order valence-electron chi connectivity index (χ3n) is 2.67. The number of hydrogen-bond acceptors (Lipinski definition) is 4. The van der Waals surface area contributed by atoms with Gasteiger partial charge in [0.2, 0.25) is 5.95 Å². The molecule has 2 aromatic rings. The average Bonchev–Trinajstić information content (AvgIpc) is 2.55. The number of carbonyl (C=O) groups excluding carboxylic acids is 2. The van der Waals surface area contributed by atoms with Gasteiger partial charge >= 0.3 is 0 Å². The standard InChI is InChI=1S/C14H7F3N4O2/c15-10-5-9(11(16)19-12(10)17)14(23)21-20-13(22)8-3-1-2-7(4-8)6-18/h1-5H,(H,20,22)(H,21,23). The van der Waals surface area contributed by atoms with E-state index in [-0.39, 0.29) is 11.1 Å². The lowest BCUT2D eigenvalue weighted by atomic mass is 10.1. The lowest BCUT2D eigenvalue weighted by Gasteiger charge is -2.08. The van der Waals surface area contributed by atoms with Gasteiger partial charge in [-0.15, -0.1) is 0 Å². The summed E-state index contributed by atoms with van der Waals surface area (Å²) >= 11 is 0. The summed E-state index contributed by atoms with van der Waals surface area (Å²) in [5.41, 5.74) is 3.19. The molecule has 0 aliphatic rings. The molecule has 1 aromatic carbocycles. The number of amides is 2. The lowest BCUT2D eigenvalue weighted by Crippen LogP contribution is -2.42. The number of rotatable bonds is 2. The summed E-state index contributed by atoms with van der Waals surface area (Å²) < 4.78 is 38.9. The Bertz CT molecular complexity index is 833. The van der Waals surface area contributed by atoms with E-state index in [4.69, 9.17) is 5.26 Å². The predicted octanol–water partition coefficient (Wildman–Crippen LogP) is 1.45. The maximum Gasteiger partial charge on any atom is 0.274 e. The number of hydrazine groups is 1. The number of hydrogen-bond donors (Lipinski definition) is 2. The molecule has 9 heteroatoms. The van der Waals surface area contributed by atoms with Gasteiger partial charge in [0.25, 0.3) is 17.8 Å². The van der Waals surface area contributed by atoms with Gasteiger partial charge in [-0.3, -0.25) is 20.4 Å². The predicted molar refractivity (Wildman–Crippen MR) is 70.2 cm³/mol. The Kier molecular flexibility index (Phi) is 4.56.